The summed E-state index contributed by atoms with van der Waals surface area (Å²) < 4.78 is 2.88. The molecule has 92 valence electrons. The number of aromatic nitrogens is 2. The van der Waals surface area contributed by atoms with Gasteiger partial charge in [-0.2, -0.15) is 0 Å². The number of aliphatic hydroxyl groups excluding tert-OH is 1. The summed E-state index contributed by atoms with van der Waals surface area (Å²) >= 11 is 3.38. The summed E-state index contributed by atoms with van der Waals surface area (Å²) in [5, 5.41) is 9.50. The van der Waals surface area contributed by atoms with Gasteiger partial charge in [-0.25, -0.2) is 4.98 Å². The molecule has 1 aromatic carbocycles. The highest BCUT2D eigenvalue weighted by Crippen LogP contribution is 2.10. The van der Waals surface area contributed by atoms with E-state index < -0.39 is 6.10 Å². The largest absolute Gasteiger partial charge is 0.385 e. The molecule has 2 rings (SSSR count). The first kappa shape index (κ1) is 12.9. The molecule has 0 saturated heterocycles. The van der Waals surface area contributed by atoms with Crippen LogP contribution in [0.1, 0.15) is 24.4 Å². The SMILES string of the molecule is CC(O)c1nccn1CC#Cc1ccc(Br)cc1. The number of aliphatic hydroxyl groups is 1. The van der Waals surface area contributed by atoms with Crippen LogP contribution in [0.4, 0.5) is 0 Å². The lowest BCUT2D eigenvalue weighted by Gasteiger charge is -2.05. The molecule has 1 unspecified atom stereocenters. The molecule has 3 nitrogen and oxygen atoms in total. The van der Waals surface area contributed by atoms with E-state index in [1.807, 2.05) is 35.0 Å². The highest BCUT2D eigenvalue weighted by atomic mass is 79.9. The average molecular weight is 305 g/mol. The third-order valence-electron chi connectivity index (χ3n) is 2.45. The Kier molecular flexibility index (Phi) is 4.19. The minimum Gasteiger partial charge on any atom is -0.385 e. The Bertz CT molecular complexity index is 576. The summed E-state index contributed by atoms with van der Waals surface area (Å²) in [5.74, 6) is 6.78. The number of rotatable bonds is 2. The first-order chi connectivity index (χ1) is 8.66. The number of hydrogen-bond acceptors (Lipinski definition) is 2. The van der Waals surface area contributed by atoms with Crippen LogP contribution in [0.5, 0.6) is 0 Å². The molecule has 1 aromatic heterocycles. The second-order valence-corrected chi connectivity index (χ2v) is 4.81. The molecule has 18 heavy (non-hydrogen) atoms. The van der Waals surface area contributed by atoms with Gasteiger partial charge in [0.25, 0.3) is 0 Å². The van der Waals surface area contributed by atoms with Crippen molar-refractivity contribution < 1.29 is 5.11 Å². The predicted molar refractivity (Wildman–Crippen MR) is 73.9 cm³/mol. The Morgan fingerprint density at radius 1 is 1.39 bits per heavy atom. The first-order valence-electron chi connectivity index (χ1n) is 5.60. The molecule has 0 spiro atoms. The highest BCUT2D eigenvalue weighted by molar-refractivity contribution is 9.10. The molecule has 0 bridgehead atoms. The van der Waals surface area contributed by atoms with E-state index in [0.29, 0.717) is 12.4 Å². The summed E-state index contributed by atoms with van der Waals surface area (Å²) in [6.45, 7) is 2.22. The van der Waals surface area contributed by atoms with Crippen molar-refractivity contribution in [3.8, 4) is 11.8 Å². The lowest BCUT2D eigenvalue weighted by atomic mass is 10.2. The smallest absolute Gasteiger partial charge is 0.138 e. The molecule has 1 N–H and O–H groups in total. The van der Waals surface area contributed by atoms with Gasteiger partial charge in [0.2, 0.25) is 0 Å². The van der Waals surface area contributed by atoms with E-state index in [0.717, 1.165) is 10.0 Å². The van der Waals surface area contributed by atoms with Crippen molar-refractivity contribution in [2.75, 3.05) is 0 Å². The van der Waals surface area contributed by atoms with Crippen LogP contribution in [0.2, 0.25) is 0 Å². The molecule has 1 heterocycles. The van der Waals surface area contributed by atoms with E-state index in [1.54, 1.807) is 13.1 Å². The van der Waals surface area contributed by atoms with Gasteiger partial charge in [0.15, 0.2) is 0 Å². The van der Waals surface area contributed by atoms with E-state index in [1.165, 1.54) is 0 Å². The fourth-order valence-corrected chi connectivity index (χ4v) is 1.85. The van der Waals surface area contributed by atoms with E-state index in [-0.39, 0.29) is 0 Å². The van der Waals surface area contributed by atoms with Gasteiger partial charge in [0.05, 0.1) is 6.54 Å². The van der Waals surface area contributed by atoms with Gasteiger partial charge in [0, 0.05) is 22.4 Å². The molecule has 1 atom stereocenters. The van der Waals surface area contributed by atoms with E-state index in [2.05, 4.69) is 32.8 Å². The lowest BCUT2D eigenvalue weighted by molar-refractivity contribution is 0.184. The number of hydrogen-bond donors (Lipinski definition) is 1. The van der Waals surface area contributed by atoms with Crippen molar-refractivity contribution in [2.45, 2.75) is 19.6 Å². The average Bonchev–Trinajstić information content (AvgIpc) is 2.80. The number of benzene rings is 1. The lowest BCUT2D eigenvalue weighted by Crippen LogP contribution is -2.05. The number of halogens is 1. The van der Waals surface area contributed by atoms with Crippen molar-refractivity contribution >= 4 is 15.9 Å². The van der Waals surface area contributed by atoms with Gasteiger partial charge >= 0.3 is 0 Å². The number of nitrogens with zero attached hydrogens (tertiary/aromatic N) is 2. The standard InChI is InChI=1S/C14H13BrN2O/c1-11(18)14-16-8-10-17(14)9-2-3-12-4-6-13(15)7-5-12/h4-8,10-11,18H,9H2,1H3. The third kappa shape index (κ3) is 3.22. The predicted octanol–water partition coefficient (Wildman–Crippen LogP) is 2.75. The molecule has 0 fully saturated rings. The fourth-order valence-electron chi connectivity index (χ4n) is 1.58. The van der Waals surface area contributed by atoms with Crippen LogP contribution >= 0.6 is 15.9 Å². The Labute approximate surface area is 115 Å². The van der Waals surface area contributed by atoms with Crippen LogP contribution < -0.4 is 0 Å². The van der Waals surface area contributed by atoms with Crippen LogP contribution in [0, 0.1) is 11.8 Å². The molecular weight excluding hydrogens is 292 g/mol. The molecule has 2 aromatic rings. The molecule has 0 radical (unpaired) electrons. The third-order valence-corrected chi connectivity index (χ3v) is 2.98. The van der Waals surface area contributed by atoms with Crippen LogP contribution in [0.3, 0.4) is 0 Å². The zero-order chi connectivity index (χ0) is 13.0. The van der Waals surface area contributed by atoms with Crippen LogP contribution in [0.15, 0.2) is 41.1 Å². The van der Waals surface area contributed by atoms with Crippen LogP contribution in [0.25, 0.3) is 0 Å². The van der Waals surface area contributed by atoms with Crippen LogP contribution in [-0.4, -0.2) is 14.7 Å². The van der Waals surface area contributed by atoms with Crippen molar-refractivity contribution in [3.63, 3.8) is 0 Å². The summed E-state index contributed by atoms with van der Waals surface area (Å²) in [7, 11) is 0. The topological polar surface area (TPSA) is 38.1 Å². The van der Waals surface area contributed by atoms with Gasteiger partial charge in [-0.05, 0) is 31.2 Å². The van der Waals surface area contributed by atoms with Gasteiger partial charge in [-0.1, -0.05) is 27.8 Å². The molecule has 0 aliphatic heterocycles. The highest BCUT2D eigenvalue weighted by Gasteiger charge is 2.06. The maximum absolute atomic E-state index is 9.50. The minimum absolute atomic E-state index is 0.524. The van der Waals surface area contributed by atoms with Crippen molar-refractivity contribution in [2.24, 2.45) is 0 Å². The van der Waals surface area contributed by atoms with Gasteiger partial charge in [0.1, 0.15) is 11.9 Å². The minimum atomic E-state index is -0.575. The zero-order valence-electron chi connectivity index (χ0n) is 9.97. The maximum Gasteiger partial charge on any atom is 0.138 e. The summed E-state index contributed by atoms with van der Waals surface area (Å²) in [4.78, 5) is 4.09. The normalized spacial score (nSPS) is 11.7. The van der Waals surface area contributed by atoms with E-state index in [9.17, 15) is 5.11 Å². The summed E-state index contributed by atoms with van der Waals surface area (Å²) in [6.07, 6.45) is 2.91. The number of imidazole rings is 1. The fraction of sp³-hybridized carbons (Fsp3) is 0.214. The summed E-state index contributed by atoms with van der Waals surface area (Å²) in [6, 6.07) is 7.84. The first-order valence-corrected chi connectivity index (χ1v) is 6.39. The molecule has 4 heteroatoms. The zero-order valence-corrected chi connectivity index (χ0v) is 11.6. The Hall–Kier alpha value is -1.57. The molecule has 0 amide bonds. The maximum atomic E-state index is 9.50. The molecular formula is C14H13BrN2O. The van der Waals surface area contributed by atoms with E-state index in [4.69, 9.17) is 0 Å². The van der Waals surface area contributed by atoms with Crippen LogP contribution in [-0.2, 0) is 6.54 Å². The van der Waals surface area contributed by atoms with Gasteiger partial charge in [-0.3, -0.25) is 0 Å². The molecule has 0 saturated carbocycles. The molecule has 0 aliphatic rings. The van der Waals surface area contributed by atoms with Crippen molar-refractivity contribution in [1.82, 2.24) is 9.55 Å². The van der Waals surface area contributed by atoms with Gasteiger partial charge < -0.3 is 9.67 Å². The second kappa shape index (κ2) is 5.85. The summed E-state index contributed by atoms with van der Waals surface area (Å²) in [5.41, 5.74) is 0.969. The van der Waals surface area contributed by atoms with E-state index >= 15 is 0 Å². The Balaban J connectivity index is 2.08. The molecule has 0 aliphatic carbocycles. The Morgan fingerprint density at radius 2 is 2.11 bits per heavy atom. The van der Waals surface area contributed by atoms with Crippen molar-refractivity contribution in [1.29, 1.82) is 0 Å². The second-order valence-electron chi connectivity index (χ2n) is 3.90. The monoisotopic (exact) mass is 304 g/mol. The Morgan fingerprint density at radius 3 is 2.78 bits per heavy atom. The van der Waals surface area contributed by atoms with Crippen molar-refractivity contribution in [3.05, 3.63) is 52.5 Å². The quantitative estimate of drug-likeness (QED) is 0.866. The van der Waals surface area contributed by atoms with Gasteiger partial charge in [-0.15, -0.1) is 0 Å².